The van der Waals surface area contributed by atoms with E-state index in [9.17, 15) is 0 Å². The molecular formula is C10H14N4O. The molecule has 0 unspecified atom stereocenters. The van der Waals surface area contributed by atoms with Crippen molar-refractivity contribution in [3.63, 3.8) is 0 Å². The first-order valence-electron chi connectivity index (χ1n) is 5.12. The normalized spacial score (nSPS) is 10.8. The maximum atomic E-state index is 5.65. The van der Waals surface area contributed by atoms with E-state index in [1.54, 1.807) is 11.7 Å². The van der Waals surface area contributed by atoms with Gasteiger partial charge in [0.2, 0.25) is 5.82 Å². The van der Waals surface area contributed by atoms with E-state index in [-0.39, 0.29) is 0 Å². The Morgan fingerprint density at radius 3 is 2.93 bits per heavy atom. The fourth-order valence-electron chi connectivity index (χ4n) is 1.42. The summed E-state index contributed by atoms with van der Waals surface area (Å²) < 4.78 is 7.25. The summed E-state index contributed by atoms with van der Waals surface area (Å²) >= 11 is 0. The van der Waals surface area contributed by atoms with Gasteiger partial charge in [-0.1, -0.05) is 13.3 Å². The predicted octanol–water partition coefficient (Wildman–Crippen LogP) is 1.81. The van der Waals surface area contributed by atoms with Gasteiger partial charge in [-0.05, 0) is 29.0 Å². The Balaban J connectivity index is 2.17. The number of unbranched alkanes of at least 4 members (excludes halogenated alkanes) is 1. The lowest BCUT2D eigenvalue weighted by Gasteiger charge is -1.94. The molecule has 0 saturated carbocycles. The lowest BCUT2D eigenvalue weighted by atomic mass is 10.2. The Morgan fingerprint density at radius 2 is 2.27 bits per heavy atom. The zero-order valence-electron chi connectivity index (χ0n) is 8.97. The van der Waals surface area contributed by atoms with Gasteiger partial charge in [0.15, 0.2) is 5.76 Å². The van der Waals surface area contributed by atoms with Crippen LogP contribution < -0.4 is 0 Å². The van der Waals surface area contributed by atoms with Crippen LogP contribution in [-0.4, -0.2) is 20.2 Å². The van der Waals surface area contributed by atoms with Crippen LogP contribution in [0.2, 0.25) is 0 Å². The minimum Gasteiger partial charge on any atom is -0.458 e. The van der Waals surface area contributed by atoms with Crippen LogP contribution >= 0.6 is 0 Å². The Labute approximate surface area is 88.1 Å². The van der Waals surface area contributed by atoms with Gasteiger partial charge in [0.25, 0.3) is 0 Å². The van der Waals surface area contributed by atoms with Gasteiger partial charge in [0, 0.05) is 13.5 Å². The molecule has 0 atom stereocenters. The minimum absolute atomic E-state index is 0.665. The molecule has 2 heterocycles. The van der Waals surface area contributed by atoms with Crippen LogP contribution in [-0.2, 0) is 13.5 Å². The highest BCUT2D eigenvalue weighted by Crippen LogP contribution is 2.19. The van der Waals surface area contributed by atoms with E-state index in [0.29, 0.717) is 5.82 Å². The molecule has 0 saturated heterocycles. The van der Waals surface area contributed by atoms with Crippen molar-refractivity contribution in [3.05, 3.63) is 17.9 Å². The second-order valence-corrected chi connectivity index (χ2v) is 3.50. The molecule has 5 nitrogen and oxygen atoms in total. The number of tetrazole rings is 1. The van der Waals surface area contributed by atoms with E-state index in [4.69, 9.17) is 4.42 Å². The third-order valence-corrected chi connectivity index (χ3v) is 2.28. The van der Waals surface area contributed by atoms with Crippen LogP contribution in [0.25, 0.3) is 11.6 Å². The van der Waals surface area contributed by atoms with E-state index in [2.05, 4.69) is 22.4 Å². The molecule has 2 aromatic rings. The molecule has 2 rings (SSSR count). The molecular weight excluding hydrogens is 192 g/mol. The first-order valence-corrected chi connectivity index (χ1v) is 5.12. The first-order chi connectivity index (χ1) is 7.31. The second-order valence-electron chi connectivity index (χ2n) is 3.50. The SMILES string of the molecule is CCCCc1ccc(-c2nnnn2C)o1. The van der Waals surface area contributed by atoms with Crippen molar-refractivity contribution in [2.75, 3.05) is 0 Å². The first kappa shape index (κ1) is 9.89. The fourth-order valence-corrected chi connectivity index (χ4v) is 1.42. The van der Waals surface area contributed by atoms with Crippen LogP contribution in [0.3, 0.4) is 0 Å². The van der Waals surface area contributed by atoms with Crippen LogP contribution in [0.5, 0.6) is 0 Å². The summed E-state index contributed by atoms with van der Waals surface area (Å²) in [5.74, 6) is 2.39. The van der Waals surface area contributed by atoms with Gasteiger partial charge in [-0.3, -0.25) is 0 Å². The molecule has 80 valence electrons. The summed E-state index contributed by atoms with van der Waals surface area (Å²) in [7, 11) is 1.80. The van der Waals surface area contributed by atoms with Crippen molar-refractivity contribution in [2.24, 2.45) is 7.05 Å². The number of nitrogens with zero attached hydrogens (tertiary/aromatic N) is 4. The van der Waals surface area contributed by atoms with Gasteiger partial charge in [-0.15, -0.1) is 5.10 Å². The summed E-state index contributed by atoms with van der Waals surface area (Å²) in [5, 5.41) is 11.2. The topological polar surface area (TPSA) is 56.7 Å². The number of hydrogen-bond acceptors (Lipinski definition) is 4. The summed E-state index contributed by atoms with van der Waals surface area (Å²) in [5.41, 5.74) is 0. The van der Waals surface area contributed by atoms with Gasteiger partial charge in [-0.2, -0.15) is 0 Å². The molecule has 2 aromatic heterocycles. The standard InChI is InChI=1S/C10H14N4O/c1-3-4-5-8-6-7-9(15-8)10-11-12-13-14(10)2/h6-7H,3-5H2,1-2H3. The molecule has 5 heteroatoms. The summed E-state index contributed by atoms with van der Waals surface area (Å²) in [4.78, 5) is 0. The summed E-state index contributed by atoms with van der Waals surface area (Å²) in [6.45, 7) is 2.16. The van der Waals surface area contributed by atoms with Gasteiger partial charge in [0.1, 0.15) is 5.76 Å². The van der Waals surface area contributed by atoms with Crippen LogP contribution in [0.4, 0.5) is 0 Å². The third-order valence-electron chi connectivity index (χ3n) is 2.28. The Hall–Kier alpha value is -1.65. The van der Waals surface area contributed by atoms with E-state index in [1.165, 1.54) is 6.42 Å². The smallest absolute Gasteiger partial charge is 0.217 e. The molecule has 0 fully saturated rings. The number of furan rings is 1. The van der Waals surface area contributed by atoms with E-state index in [0.717, 1.165) is 24.4 Å². The fraction of sp³-hybridized carbons (Fsp3) is 0.500. The highest BCUT2D eigenvalue weighted by atomic mass is 16.3. The van der Waals surface area contributed by atoms with Crippen molar-refractivity contribution >= 4 is 0 Å². The molecule has 0 spiro atoms. The van der Waals surface area contributed by atoms with Crippen LogP contribution in [0, 0.1) is 0 Å². The van der Waals surface area contributed by atoms with E-state index < -0.39 is 0 Å². The molecule has 0 amide bonds. The quantitative estimate of drug-likeness (QED) is 0.765. The summed E-state index contributed by atoms with van der Waals surface area (Å²) in [6.07, 6.45) is 3.29. The monoisotopic (exact) mass is 206 g/mol. The number of rotatable bonds is 4. The number of aryl methyl sites for hydroxylation is 2. The number of hydrogen-bond donors (Lipinski definition) is 0. The predicted molar refractivity (Wildman–Crippen MR) is 55.1 cm³/mol. The molecule has 0 radical (unpaired) electrons. The van der Waals surface area contributed by atoms with Crippen molar-refractivity contribution in [1.82, 2.24) is 20.2 Å². The van der Waals surface area contributed by atoms with Crippen molar-refractivity contribution in [1.29, 1.82) is 0 Å². The van der Waals surface area contributed by atoms with Gasteiger partial charge in [0.05, 0.1) is 0 Å². The van der Waals surface area contributed by atoms with Crippen molar-refractivity contribution < 1.29 is 4.42 Å². The molecule has 0 aliphatic rings. The third kappa shape index (κ3) is 2.06. The Morgan fingerprint density at radius 1 is 1.40 bits per heavy atom. The maximum absolute atomic E-state index is 5.65. The molecule has 0 aromatic carbocycles. The lowest BCUT2D eigenvalue weighted by Crippen LogP contribution is -1.93. The summed E-state index contributed by atoms with van der Waals surface area (Å²) in [6, 6.07) is 3.90. The van der Waals surface area contributed by atoms with Crippen molar-refractivity contribution in [2.45, 2.75) is 26.2 Å². The average molecular weight is 206 g/mol. The zero-order valence-corrected chi connectivity index (χ0v) is 8.97. The highest BCUT2D eigenvalue weighted by molar-refractivity contribution is 5.45. The lowest BCUT2D eigenvalue weighted by molar-refractivity contribution is 0.506. The van der Waals surface area contributed by atoms with Crippen LogP contribution in [0.15, 0.2) is 16.5 Å². The minimum atomic E-state index is 0.665. The molecule has 0 aliphatic carbocycles. The highest BCUT2D eigenvalue weighted by Gasteiger charge is 2.10. The van der Waals surface area contributed by atoms with E-state index >= 15 is 0 Å². The van der Waals surface area contributed by atoms with Gasteiger partial charge < -0.3 is 4.42 Å². The van der Waals surface area contributed by atoms with Gasteiger partial charge in [-0.25, -0.2) is 4.68 Å². The van der Waals surface area contributed by atoms with Crippen molar-refractivity contribution in [3.8, 4) is 11.6 Å². The molecule has 0 N–H and O–H groups in total. The van der Waals surface area contributed by atoms with Crippen LogP contribution in [0.1, 0.15) is 25.5 Å². The van der Waals surface area contributed by atoms with Gasteiger partial charge >= 0.3 is 0 Å². The molecule has 0 aliphatic heterocycles. The molecule has 0 bridgehead atoms. The number of aromatic nitrogens is 4. The maximum Gasteiger partial charge on any atom is 0.217 e. The Bertz CT molecular complexity index is 432. The Kier molecular flexibility index (Phi) is 2.80. The largest absolute Gasteiger partial charge is 0.458 e. The molecule has 15 heavy (non-hydrogen) atoms. The average Bonchev–Trinajstić information content (AvgIpc) is 2.83. The van der Waals surface area contributed by atoms with E-state index in [1.807, 2.05) is 12.1 Å². The second kappa shape index (κ2) is 4.25. The zero-order chi connectivity index (χ0) is 10.7.